The summed E-state index contributed by atoms with van der Waals surface area (Å²) >= 11 is 0. The largest absolute Gasteiger partial charge is 0.382 e. The fourth-order valence-corrected chi connectivity index (χ4v) is 1.85. The zero-order valence-electron chi connectivity index (χ0n) is 12.6. The third-order valence-corrected chi connectivity index (χ3v) is 2.70. The Balaban J connectivity index is 2.83. The standard InChI is InChI=1S/C15H23N3O2/c1-5-16-14(19)10-18(4)15(20)12-8-6-7-9-13(12)17-11(2)3/h6-9,11,17H,5,10H2,1-4H3,(H,16,19). The van der Waals surface area contributed by atoms with Crippen LogP contribution in [0.2, 0.25) is 0 Å². The number of nitrogens with zero attached hydrogens (tertiary/aromatic N) is 1. The molecule has 0 aliphatic rings. The van der Waals surface area contributed by atoms with Gasteiger partial charge in [0.25, 0.3) is 5.91 Å². The lowest BCUT2D eigenvalue weighted by Crippen LogP contribution is -2.38. The molecular weight excluding hydrogens is 254 g/mol. The number of hydrogen-bond acceptors (Lipinski definition) is 3. The Bertz CT molecular complexity index is 472. The van der Waals surface area contributed by atoms with E-state index in [0.717, 1.165) is 5.69 Å². The van der Waals surface area contributed by atoms with Crippen LogP contribution in [0.1, 0.15) is 31.1 Å². The van der Waals surface area contributed by atoms with E-state index in [1.807, 2.05) is 39.0 Å². The third kappa shape index (κ3) is 4.57. The second kappa shape index (κ2) is 7.53. The van der Waals surface area contributed by atoms with Crippen molar-refractivity contribution in [3.63, 3.8) is 0 Å². The Morgan fingerprint density at radius 3 is 2.50 bits per heavy atom. The van der Waals surface area contributed by atoms with Crippen molar-refractivity contribution in [2.45, 2.75) is 26.8 Å². The molecule has 5 nitrogen and oxygen atoms in total. The highest BCUT2D eigenvalue weighted by molar-refractivity contribution is 6.01. The van der Waals surface area contributed by atoms with E-state index in [0.29, 0.717) is 12.1 Å². The summed E-state index contributed by atoms with van der Waals surface area (Å²) in [6.07, 6.45) is 0. The van der Waals surface area contributed by atoms with E-state index in [2.05, 4.69) is 10.6 Å². The van der Waals surface area contributed by atoms with Crippen molar-refractivity contribution in [2.75, 3.05) is 25.5 Å². The number of carbonyl (C=O) groups excluding carboxylic acids is 2. The Kier molecular flexibility index (Phi) is 6.03. The predicted molar refractivity (Wildman–Crippen MR) is 80.8 cm³/mol. The molecule has 1 aromatic rings. The number of hydrogen-bond donors (Lipinski definition) is 2. The van der Waals surface area contributed by atoms with Crippen LogP contribution < -0.4 is 10.6 Å². The molecule has 1 rings (SSSR count). The molecule has 0 unspecified atom stereocenters. The van der Waals surface area contributed by atoms with Gasteiger partial charge in [-0.1, -0.05) is 12.1 Å². The average molecular weight is 277 g/mol. The van der Waals surface area contributed by atoms with E-state index in [-0.39, 0.29) is 24.4 Å². The molecule has 0 atom stereocenters. The van der Waals surface area contributed by atoms with Crippen molar-refractivity contribution in [2.24, 2.45) is 0 Å². The lowest BCUT2D eigenvalue weighted by Gasteiger charge is -2.20. The normalized spacial score (nSPS) is 10.2. The van der Waals surface area contributed by atoms with Gasteiger partial charge in [-0.3, -0.25) is 9.59 Å². The van der Waals surface area contributed by atoms with E-state index in [9.17, 15) is 9.59 Å². The molecule has 0 saturated heterocycles. The van der Waals surface area contributed by atoms with Crippen LogP contribution in [0.15, 0.2) is 24.3 Å². The van der Waals surface area contributed by atoms with Crippen molar-refractivity contribution < 1.29 is 9.59 Å². The number of likely N-dealkylation sites (N-methyl/N-ethyl adjacent to an activating group) is 2. The zero-order valence-corrected chi connectivity index (χ0v) is 12.6. The molecule has 0 aliphatic heterocycles. The summed E-state index contributed by atoms with van der Waals surface area (Å²) in [5.41, 5.74) is 1.36. The molecule has 0 aliphatic carbocycles. The van der Waals surface area contributed by atoms with Gasteiger partial charge in [0, 0.05) is 25.3 Å². The van der Waals surface area contributed by atoms with Crippen LogP contribution >= 0.6 is 0 Å². The molecule has 0 saturated carbocycles. The molecule has 0 radical (unpaired) electrons. The van der Waals surface area contributed by atoms with Crippen molar-refractivity contribution in [1.82, 2.24) is 10.2 Å². The summed E-state index contributed by atoms with van der Waals surface area (Å²) in [6.45, 7) is 6.50. The summed E-state index contributed by atoms with van der Waals surface area (Å²) in [4.78, 5) is 25.3. The number of amides is 2. The lowest BCUT2D eigenvalue weighted by atomic mass is 10.1. The molecule has 110 valence electrons. The average Bonchev–Trinajstić information content (AvgIpc) is 2.38. The minimum Gasteiger partial charge on any atom is -0.382 e. The molecule has 20 heavy (non-hydrogen) atoms. The molecule has 0 spiro atoms. The van der Waals surface area contributed by atoms with Crippen molar-refractivity contribution >= 4 is 17.5 Å². The second-order valence-corrected chi connectivity index (χ2v) is 4.96. The van der Waals surface area contributed by atoms with Gasteiger partial charge < -0.3 is 15.5 Å². The highest BCUT2D eigenvalue weighted by Gasteiger charge is 2.17. The maximum absolute atomic E-state index is 12.4. The van der Waals surface area contributed by atoms with E-state index < -0.39 is 0 Å². The van der Waals surface area contributed by atoms with Crippen LogP contribution in [0.25, 0.3) is 0 Å². The van der Waals surface area contributed by atoms with Crippen LogP contribution in [0.4, 0.5) is 5.69 Å². The molecule has 0 fully saturated rings. The Labute approximate surface area is 120 Å². The van der Waals surface area contributed by atoms with E-state index in [1.54, 1.807) is 13.1 Å². The molecule has 0 bridgehead atoms. The van der Waals surface area contributed by atoms with Gasteiger partial charge in [0.2, 0.25) is 5.91 Å². The summed E-state index contributed by atoms with van der Waals surface area (Å²) < 4.78 is 0. The van der Waals surface area contributed by atoms with E-state index >= 15 is 0 Å². The van der Waals surface area contributed by atoms with E-state index in [4.69, 9.17) is 0 Å². The van der Waals surface area contributed by atoms with Gasteiger partial charge in [0.1, 0.15) is 0 Å². The SMILES string of the molecule is CCNC(=O)CN(C)C(=O)c1ccccc1NC(C)C. The molecule has 5 heteroatoms. The Morgan fingerprint density at radius 1 is 1.25 bits per heavy atom. The maximum Gasteiger partial charge on any atom is 0.256 e. The first kappa shape index (κ1) is 16.0. The molecule has 2 amide bonds. The fourth-order valence-electron chi connectivity index (χ4n) is 1.85. The van der Waals surface area contributed by atoms with Crippen LogP contribution in [-0.2, 0) is 4.79 Å². The molecule has 0 aromatic heterocycles. The number of nitrogens with one attached hydrogen (secondary N) is 2. The third-order valence-electron chi connectivity index (χ3n) is 2.70. The highest BCUT2D eigenvalue weighted by Crippen LogP contribution is 2.17. The Hall–Kier alpha value is -2.04. The van der Waals surface area contributed by atoms with Gasteiger partial charge in [-0.05, 0) is 32.9 Å². The summed E-state index contributed by atoms with van der Waals surface area (Å²) in [5.74, 6) is -0.322. The maximum atomic E-state index is 12.4. The van der Waals surface area contributed by atoms with Gasteiger partial charge in [0.15, 0.2) is 0 Å². The van der Waals surface area contributed by atoms with Gasteiger partial charge in [-0.25, -0.2) is 0 Å². The fraction of sp³-hybridized carbons (Fsp3) is 0.467. The van der Waals surface area contributed by atoms with Crippen LogP contribution in [-0.4, -0.2) is 42.9 Å². The quantitative estimate of drug-likeness (QED) is 0.832. The molecule has 0 heterocycles. The first-order valence-corrected chi connectivity index (χ1v) is 6.83. The minimum absolute atomic E-state index is 0.0582. The number of carbonyl (C=O) groups is 2. The number of anilines is 1. The first-order valence-electron chi connectivity index (χ1n) is 6.83. The molecule has 2 N–H and O–H groups in total. The lowest BCUT2D eigenvalue weighted by molar-refractivity contribution is -0.121. The minimum atomic E-state index is -0.167. The van der Waals surface area contributed by atoms with Crippen LogP contribution in [0.5, 0.6) is 0 Å². The zero-order chi connectivity index (χ0) is 15.1. The monoisotopic (exact) mass is 277 g/mol. The second-order valence-electron chi connectivity index (χ2n) is 4.96. The highest BCUT2D eigenvalue weighted by atomic mass is 16.2. The first-order chi connectivity index (χ1) is 9.45. The van der Waals surface area contributed by atoms with Gasteiger partial charge in [-0.15, -0.1) is 0 Å². The van der Waals surface area contributed by atoms with Gasteiger partial charge in [-0.2, -0.15) is 0 Å². The van der Waals surface area contributed by atoms with Crippen molar-refractivity contribution in [1.29, 1.82) is 0 Å². The summed E-state index contributed by atoms with van der Waals surface area (Å²) in [6, 6.07) is 7.57. The summed E-state index contributed by atoms with van der Waals surface area (Å²) in [7, 11) is 1.63. The predicted octanol–water partition coefficient (Wildman–Crippen LogP) is 1.71. The number of para-hydroxylation sites is 1. The van der Waals surface area contributed by atoms with Crippen LogP contribution in [0.3, 0.4) is 0 Å². The van der Waals surface area contributed by atoms with Gasteiger partial charge in [0.05, 0.1) is 12.1 Å². The Morgan fingerprint density at radius 2 is 1.90 bits per heavy atom. The molecular formula is C15H23N3O2. The van der Waals surface area contributed by atoms with E-state index in [1.165, 1.54) is 4.90 Å². The smallest absolute Gasteiger partial charge is 0.256 e. The van der Waals surface area contributed by atoms with Crippen LogP contribution in [0, 0.1) is 0 Å². The number of rotatable bonds is 6. The topological polar surface area (TPSA) is 61.4 Å². The number of benzene rings is 1. The molecule has 1 aromatic carbocycles. The van der Waals surface area contributed by atoms with Crippen molar-refractivity contribution in [3.8, 4) is 0 Å². The van der Waals surface area contributed by atoms with Crippen molar-refractivity contribution in [3.05, 3.63) is 29.8 Å². The summed E-state index contributed by atoms with van der Waals surface area (Å²) in [5, 5.41) is 5.92. The van der Waals surface area contributed by atoms with Gasteiger partial charge >= 0.3 is 0 Å².